The Labute approximate surface area is 164 Å². The molecule has 0 saturated carbocycles. The third-order valence-electron chi connectivity index (χ3n) is 4.38. The zero-order valence-electron chi connectivity index (χ0n) is 14.2. The van der Waals surface area contributed by atoms with Crippen LogP contribution in [0.25, 0.3) is 10.9 Å². The lowest BCUT2D eigenvalue weighted by atomic mass is 10.2. The van der Waals surface area contributed by atoms with Crippen LogP contribution in [0, 0.1) is 0 Å². The fourth-order valence-corrected chi connectivity index (χ4v) is 3.44. The van der Waals surface area contributed by atoms with Gasteiger partial charge < -0.3 is 10.1 Å². The van der Waals surface area contributed by atoms with Crippen molar-refractivity contribution >= 4 is 45.7 Å². The molecular formula is C19H15Cl2N3O3. The Balaban J connectivity index is 1.50. The molecular weight excluding hydrogens is 389 g/mol. The van der Waals surface area contributed by atoms with Gasteiger partial charge in [0.1, 0.15) is 11.6 Å². The summed E-state index contributed by atoms with van der Waals surface area (Å²) >= 11 is 12.0. The number of hydrogen-bond acceptors (Lipinski definition) is 4. The quantitative estimate of drug-likeness (QED) is 0.720. The number of anilines is 1. The molecule has 138 valence electrons. The largest absolute Gasteiger partial charge is 0.484 e. The van der Waals surface area contributed by atoms with E-state index in [0.29, 0.717) is 33.9 Å². The first-order valence-corrected chi connectivity index (χ1v) is 9.18. The van der Waals surface area contributed by atoms with Crippen LogP contribution in [0.4, 0.5) is 5.69 Å². The van der Waals surface area contributed by atoms with Crippen molar-refractivity contribution in [1.29, 1.82) is 0 Å². The zero-order chi connectivity index (χ0) is 19.0. The van der Waals surface area contributed by atoms with E-state index < -0.39 is 0 Å². The number of carbonyl (C=O) groups excluding carboxylic acids is 1. The van der Waals surface area contributed by atoms with Crippen LogP contribution in [0.15, 0.2) is 41.2 Å². The highest BCUT2D eigenvalue weighted by Crippen LogP contribution is 2.29. The predicted octanol–water partition coefficient (Wildman–Crippen LogP) is 3.67. The number of fused-ring (bicyclic) bond motifs is 2. The van der Waals surface area contributed by atoms with Gasteiger partial charge in [-0.25, -0.2) is 4.98 Å². The first-order valence-electron chi connectivity index (χ1n) is 8.43. The van der Waals surface area contributed by atoms with Crippen molar-refractivity contribution in [3.05, 3.63) is 62.6 Å². The number of ether oxygens (including phenoxy) is 1. The number of aromatic nitrogens is 2. The second kappa shape index (κ2) is 7.21. The molecule has 2 aromatic carbocycles. The summed E-state index contributed by atoms with van der Waals surface area (Å²) < 4.78 is 7.22. The van der Waals surface area contributed by atoms with Gasteiger partial charge in [-0.05, 0) is 36.8 Å². The Morgan fingerprint density at radius 1 is 1.26 bits per heavy atom. The Hall–Kier alpha value is -2.57. The molecule has 0 unspecified atom stereocenters. The second-order valence-corrected chi connectivity index (χ2v) is 6.99. The van der Waals surface area contributed by atoms with E-state index in [4.69, 9.17) is 27.9 Å². The number of aryl methyl sites for hydroxylation is 1. The molecule has 2 heterocycles. The smallest absolute Gasteiger partial charge is 0.262 e. The van der Waals surface area contributed by atoms with Gasteiger partial charge in [0, 0.05) is 13.0 Å². The van der Waals surface area contributed by atoms with Gasteiger partial charge >= 0.3 is 0 Å². The van der Waals surface area contributed by atoms with Gasteiger partial charge in [0.15, 0.2) is 6.61 Å². The molecule has 0 bridgehead atoms. The van der Waals surface area contributed by atoms with Gasteiger partial charge in [-0.15, -0.1) is 0 Å². The SMILES string of the molecule is O=C(COc1ccc2nc3n(c(=O)c2c1)CCC3)Nc1cccc(Cl)c1Cl. The standard InChI is InChI=1S/C19H15Cl2N3O3/c20-13-3-1-4-15(18(13)21)23-17(25)10-27-11-6-7-14-12(9-11)19(26)24-8-2-5-16(24)22-14/h1,3-4,6-7,9H,2,5,8,10H2,(H,23,25). The maximum Gasteiger partial charge on any atom is 0.262 e. The molecule has 27 heavy (non-hydrogen) atoms. The van der Waals surface area contributed by atoms with E-state index in [0.717, 1.165) is 18.7 Å². The molecule has 1 aliphatic heterocycles. The summed E-state index contributed by atoms with van der Waals surface area (Å²) in [6.07, 6.45) is 1.74. The van der Waals surface area contributed by atoms with E-state index in [-0.39, 0.29) is 23.1 Å². The first kappa shape index (κ1) is 17.8. The van der Waals surface area contributed by atoms with Gasteiger partial charge in [-0.2, -0.15) is 0 Å². The lowest BCUT2D eigenvalue weighted by molar-refractivity contribution is -0.118. The van der Waals surface area contributed by atoms with Gasteiger partial charge in [0.05, 0.1) is 26.6 Å². The number of halogens is 2. The van der Waals surface area contributed by atoms with E-state index in [9.17, 15) is 9.59 Å². The second-order valence-electron chi connectivity index (χ2n) is 6.21. The van der Waals surface area contributed by atoms with E-state index in [1.165, 1.54) is 0 Å². The normalized spacial score (nSPS) is 12.8. The minimum absolute atomic E-state index is 0.0758. The van der Waals surface area contributed by atoms with Crippen molar-refractivity contribution in [2.24, 2.45) is 0 Å². The predicted molar refractivity (Wildman–Crippen MR) is 105 cm³/mol. The molecule has 1 amide bonds. The van der Waals surface area contributed by atoms with Crippen LogP contribution >= 0.6 is 23.2 Å². The number of nitrogens with one attached hydrogen (secondary N) is 1. The van der Waals surface area contributed by atoms with Crippen molar-refractivity contribution in [3.63, 3.8) is 0 Å². The van der Waals surface area contributed by atoms with Gasteiger partial charge in [-0.3, -0.25) is 14.2 Å². The number of carbonyl (C=O) groups is 1. The van der Waals surface area contributed by atoms with Crippen LogP contribution in [-0.4, -0.2) is 22.1 Å². The molecule has 4 rings (SSSR count). The maximum absolute atomic E-state index is 12.6. The minimum atomic E-state index is -0.386. The van der Waals surface area contributed by atoms with Crippen LogP contribution < -0.4 is 15.6 Å². The molecule has 8 heteroatoms. The van der Waals surface area contributed by atoms with E-state index in [1.807, 2.05) is 0 Å². The molecule has 1 aromatic heterocycles. The third-order valence-corrected chi connectivity index (χ3v) is 5.20. The molecule has 3 aromatic rings. The highest BCUT2D eigenvalue weighted by molar-refractivity contribution is 6.44. The summed E-state index contributed by atoms with van der Waals surface area (Å²) in [5, 5.41) is 3.75. The average Bonchev–Trinajstić information content (AvgIpc) is 3.13. The summed E-state index contributed by atoms with van der Waals surface area (Å²) in [6.45, 7) is 0.457. The lowest BCUT2D eigenvalue weighted by Gasteiger charge is -2.10. The third kappa shape index (κ3) is 3.50. The molecule has 0 fully saturated rings. The topological polar surface area (TPSA) is 73.2 Å². The minimum Gasteiger partial charge on any atom is -0.484 e. The van der Waals surface area contributed by atoms with E-state index >= 15 is 0 Å². The Bertz CT molecular complexity index is 1110. The summed E-state index contributed by atoms with van der Waals surface area (Å²) in [5.74, 6) is 0.856. The Kier molecular flexibility index (Phi) is 4.76. The summed E-state index contributed by atoms with van der Waals surface area (Å²) in [7, 11) is 0. The summed E-state index contributed by atoms with van der Waals surface area (Å²) in [4.78, 5) is 29.2. The van der Waals surface area contributed by atoms with Crippen LogP contribution in [0.3, 0.4) is 0 Å². The van der Waals surface area contributed by atoms with Crippen molar-refractivity contribution in [3.8, 4) is 5.75 Å². The molecule has 1 N–H and O–H groups in total. The van der Waals surface area contributed by atoms with Crippen LogP contribution in [0.5, 0.6) is 5.75 Å². The molecule has 1 aliphatic rings. The Morgan fingerprint density at radius 3 is 2.96 bits per heavy atom. The molecule has 0 spiro atoms. The van der Waals surface area contributed by atoms with Crippen LogP contribution in [0.1, 0.15) is 12.2 Å². The fourth-order valence-electron chi connectivity index (χ4n) is 3.09. The lowest BCUT2D eigenvalue weighted by Crippen LogP contribution is -2.22. The molecule has 6 nitrogen and oxygen atoms in total. The molecule has 0 saturated heterocycles. The highest BCUT2D eigenvalue weighted by atomic mass is 35.5. The summed E-state index contributed by atoms with van der Waals surface area (Å²) in [5.41, 5.74) is 0.970. The van der Waals surface area contributed by atoms with E-state index in [2.05, 4.69) is 10.3 Å². The van der Waals surface area contributed by atoms with Crippen molar-refractivity contribution in [2.75, 3.05) is 11.9 Å². The fraction of sp³-hybridized carbons (Fsp3) is 0.211. The number of rotatable bonds is 4. The van der Waals surface area contributed by atoms with Gasteiger partial charge in [0.25, 0.3) is 11.5 Å². The van der Waals surface area contributed by atoms with Crippen LogP contribution in [-0.2, 0) is 17.8 Å². The van der Waals surface area contributed by atoms with Crippen molar-refractivity contribution in [2.45, 2.75) is 19.4 Å². The molecule has 0 atom stereocenters. The van der Waals surface area contributed by atoms with Gasteiger partial charge in [-0.1, -0.05) is 29.3 Å². The number of benzene rings is 2. The highest BCUT2D eigenvalue weighted by Gasteiger charge is 2.16. The maximum atomic E-state index is 12.6. The summed E-state index contributed by atoms with van der Waals surface area (Å²) in [6, 6.07) is 10.0. The Morgan fingerprint density at radius 2 is 2.11 bits per heavy atom. The molecule has 0 radical (unpaired) electrons. The van der Waals surface area contributed by atoms with Crippen molar-refractivity contribution < 1.29 is 9.53 Å². The van der Waals surface area contributed by atoms with Gasteiger partial charge in [0.2, 0.25) is 0 Å². The van der Waals surface area contributed by atoms with Crippen molar-refractivity contribution in [1.82, 2.24) is 9.55 Å². The van der Waals surface area contributed by atoms with E-state index in [1.54, 1.807) is 41.0 Å². The number of hydrogen-bond donors (Lipinski definition) is 1. The monoisotopic (exact) mass is 403 g/mol. The zero-order valence-corrected chi connectivity index (χ0v) is 15.7. The van der Waals surface area contributed by atoms with Crippen LogP contribution in [0.2, 0.25) is 10.0 Å². The first-order chi connectivity index (χ1) is 13.0. The number of amides is 1. The molecule has 0 aliphatic carbocycles. The number of nitrogens with zero attached hydrogens (tertiary/aromatic N) is 2. The average molecular weight is 404 g/mol.